The van der Waals surface area contributed by atoms with Gasteiger partial charge in [0.15, 0.2) is 0 Å². The molecule has 4 nitrogen and oxygen atoms in total. The van der Waals surface area contributed by atoms with Crippen LogP contribution in [-0.2, 0) is 9.84 Å². The van der Waals surface area contributed by atoms with Gasteiger partial charge in [0.25, 0.3) is 0 Å². The molecule has 0 amide bonds. The molecule has 0 aliphatic carbocycles. The fourth-order valence-corrected chi connectivity index (χ4v) is 5.29. The zero-order chi connectivity index (χ0) is 17.6. The molecule has 2 aromatic carbocycles. The predicted molar refractivity (Wildman–Crippen MR) is 95.1 cm³/mol. The van der Waals surface area contributed by atoms with Gasteiger partial charge in [-0.15, -0.1) is 0 Å². The molecule has 2 aromatic rings. The van der Waals surface area contributed by atoms with Gasteiger partial charge in [-0.2, -0.15) is 0 Å². The Kier molecular flexibility index (Phi) is 4.04. The van der Waals surface area contributed by atoms with Gasteiger partial charge in [0.2, 0.25) is 9.84 Å². The van der Waals surface area contributed by atoms with Gasteiger partial charge in [-0.3, -0.25) is 0 Å². The third kappa shape index (κ3) is 2.93. The minimum absolute atomic E-state index is 0.00823. The molecule has 6 heteroatoms. The van der Waals surface area contributed by atoms with Crippen LogP contribution < -0.4 is 10.6 Å². The van der Waals surface area contributed by atoms with Crippen molar-refractivity contribution in [2.24, 2.45) is 0 Å². The lowest BCUT2D eigenvalue weighted by atomic mass is 9.90. The SMILES string of the molecule is CC1C[C@H]2Nc3ccc(S(=O)(=O)c4cccc(F)c4)cc3[C@H]2CCN1. The van der Waals surface area contributed by atoms with E-state index >= 15 is 0 Å². The second-order valence-electron chi connectivity index (χ2n) is 6.95. The molecule has 0 aromatic heterocycles. The number of halogens is 1. The topological polar surface area (TPSA) is 58.2 Å². The molecule has 1 saturated heterocycles. The first-order valence-corrected chi connectivity index (χ1v) is 10.1. The van der Waals surface area contributed by atoms with Gasteiger partial charge in [-0.1, -0.05) is 6.07 Å². The van der Waals surface area contributed by atoms with E-state index in [1.165, 1.54) is 18.2 Å². The maximum Gasteiger partial charge on any atom is 0.206 e. The van der Waals surface area contributed by atoms with Crippen LogP contribution in [0.3, 0.4) is 0 Å². The quantitative estimate of drug-likeness (QED) is 0.863. The van der Waals surface area contributed by atoms with Gasteiger partial charge >= 0.3 is 0 Å². The van der Waals surface area contributed by atoms with Gasteiger partial charge < -0.3 is 10.6 Å². The summed E-state index contributed by atoms with van der Waals surface area (Å²) in [5.41, 5.74) is 2.07. The van der Waals surface area contributed by atoms with Crippen molar-refractivity contribution in [3.8, 4) is 0 Å². The summed E-state index contributed by atoms with van der Waals surface area (Å²) < 4.78 is 39.2. The fourth-order valence-electron chi connectivity index (χ4n) is 3.96. The third-order valence-electron chi connectivity index (χ3n) is 5.22. The molecule has 4 rings (SSSR count). The Hall–Kier alpha value is -1.92. The number of fused-ring (bicyclic) bond motifs is 3. The van der Waals surface area contributed by atoms with E-state index < -0.39 is 15.7 Å². The Morgan fingerprint density at radius 3 is 2.72 bits per heavy atom. The van der Waals surface area contributed by atoms with Gasteiger partial charge in [0.1, 0.15) is 5.82 Å². The average molecular weight is 360 g/mol. The van der Waals surface area contributed by atoms with Crippen molar-refractivity contribution in [3.63, 3.8) is 0 Å². The highest BCUT2D eigenvalue weighted by atomic mass is 32.2. The molecule has 0 bridgehead atoms. The van der Waals surface area contributed by atoms with Crippen molar-refractivity contribution >= 4 is 15.5 Å². The molecule has 3 atom stereocenters. The fraction of sp³-hybridized carbons (Fsp3) is 0.368. The summed E-state index contributed by atoms with van der Waals surface area (Å²) in [5, 5.41) is 7.02. The highest BCUT2D eigenvalue weighted by Crippen LogP contribution is 2.42. The highest BCUT2D eigenvalue weighted by Gasteiger charge is 2.35. The largest absolute Gasteiger partial charge is 0.381 e. The van der Waals surface area contributed by atoms with Crippen molar-refractivity contribution in [2.75, 3.05) is 11.9 Å². The zero-order valence-electron chi connectivity index (χ0n) is 14.0. The van der Waals surface area contributed by atoms with Crippen molar-refractivity contribution in [3.05, 3.63) is 53.8 Å². The zero-order valence-corrected chi connectivity index (χ0v) is 14.8. The van der Waals surface area contributed by atoms with Crippen LogP contribution >= 0.6 is 0 Å². The lowest BCUT2D eigenvalue weighted by Gasteiger charge is -2.18. The van der Waals surface area contributed by atoms with Crippen LogP contribution in [0.2, 0.25) is 0 Å². The first kappa shape index (κ1) is 16.5. The molecule has 2 aliphatic rings. The van der Waals surface area contributed by atoms with E-state index in [2.05, 4.69) is 17.6 Å². The number of hydrogen-bond acceptors (Lipinski definition) is 4. The third-order valence-corrected chi connectivity index (χ3v) is 6.97. The summed E-state index contributed by atoms with van der Waals surface area (Å²) in [5.74, 6) is -0.247. The Bertz CT molecular complexity index is 913. The van der Waals surface area contributed by atoms with E-state index in [4.69, 9.17) is 0 Å². The molecule has 0 saturated carbocycles. The number of anilines is 1. The molecular formula is C19H21FN2O2S. The number of nitrogens with one attached hydrogen (secondary N) is 2. The summed E-state index contributed by atoms with van der Waals surface area (Å²) in [6.45, 7) is 3.09. The van der Waals surface area contributed by atoms with Crippen molar-refractivity contribution in [1.29, 1.82) is 0 Å². The van der Waals surface area contributed by atoms with E-state index in [0.717, 1.165) is 36.7 Å². The van der Waals surface area contributed by atoms with Crippen LogP contribution in [0, 0.1) is 5.82 Å². The average Bonchev–Trinajstić information content (AvgIpc) is 2.80. The summed E-state index contributed by atoms with van der Waals surface area (Å²) in [6.07, 6.45) is 1.98. The Balaban J connectivity index is 1.73. The smallest absolute Gasteiger partial charge is 0.206 e. The molecule has 1 fully saturated rings. The number of sulfone groups is 1. The first-order chi connectivity index (χ1) is 11.9. The Labute approximate surface area is 147 Å². The second kappa shape index (κ2) is 6.11. The minimum Gasteiger partial charge on any atom is -0.381 e. The van der Waals surface area contributed by atoms with Crippen LogP contribution in [0.1, 0.15) is 31.2 Å². The van der Waals surface area contributed by atoms with Gasteiger partial charge in [-0.05, 0) is 68.3 Å². The molecule has 2 aliphatic heterocycles. The van der Waals surface area contributed by atoms with Gasteiger partial charge in [-0.25, -0.2) is 12.8 Å². The first-order valence-electron chi connectivity index (χ1n) is 8.59. The molecule has 1 unspecified atom stereocenters. The molecule has 25 heavy (non-hydrogen) atoms. The van der Waals surface area contributed by atoms with E-state index in [9.17, 15) is 12.8 Å². The number of rotatable bonds is 2. The summed E-state index contributed by atoms with van der Waals surface area (Å²) in [6, 6.07) is 11.2. The summed E-state index contributed by atoms with van der Waals surface area (Å²) in [7, 11) is -3.72. The highest BCUT2D eigenvalue weighted by molar-refractivity contribution is 7.91. The predicted octanol–water partition coefficient (Wildman–Crippen LogP) is 3.31. The van der Waals surface area contributed by atoms with Crippen LogP contribution in [0.5, 0.6) is 0 Å². The van der Waals surface area contributed by atoms with Crippen LogP contribution in [0.15, 0.2) is 52.3 Å². The Morgan fingerprint density at radius 2 is 1.92 bits per heavy atom. The van der Waals surface area contributed by atoms with Crippen LogP contribution in [0.4, 0.5) is 10.1 Å². The van der Waals surface area contributed by atoms with Gasteiger partial charge in [0.05, 0.1) is 9.79 Å². The van der Waals surface area contributed by atoms with Crippen molar-refractivity contribution in [2.45, 2.75) is 47.6 Å². The summed E-state index contributed by atoms with van der Waals surface area (Å²) >= 11 is 0. The normalized spacial score (nSPS) is 25.6. The lowest BCUT2D eigenvalue weighted by molar-refractivity contribution is 0.521. The van der Waals surface area contributed by atoms with Crippen molar-refractivity contribution < 1.29 is 12.8 Å². The molecule has 0 spiro atoms. The van der Waals surface area contributed by atoms with Gasteiger partial charge in [0, 0.05) is 23.7 Å². The summed E-state index contributed by atoms with van der Waals surface area (Å²) in [4.78, 5) is 0.218. The minimum atomic E-state index is -3.72. The van der Waals surface area contributed by atoms with Crippen molar-refractivity contribution in [1.82, 2.24) is 5.32 Å². The monoisotopic (exact) mass is 360 g/mol. The van der Waals surface area contributed by atoms with E-state index in [1.807, 2.05) is 6.07 Å². The molecule has 2 heterocycles. The standard InChI is InChI=1S/C19H21FN2O2S/c1-12-9-19-16(7-8-21-12)17-11-15(5-6-18(17)22-19)25(23,24)14-4-2-3-13(20)10-14/h2-6,10-12,16,19,21-22H,7-9H2,1H3/t12?,16-,19-/m1/s1. The maximum atomic E-state index is 13.5. The second-order valence-corrected chi connectivity index (χ2v) is 8.90. The molecular weight excluding hydrogens is 339 g/mol. The number of benzene rings is 2. The van der Waals surface area contributed by atoms with Crippen LogP contribution in [0.25, 0.3) is 0 Å². The van der Waals surface area contributed by atoms with Crippen LogP contribution in [-0.4, -0.2) is 27.0 Å². The lowest BCUT2D eigenvalue weighted by Crippen LogP contribution is -2.28. The number of hydrogen-bond donors (Lipinski definition) is 2. The van der Waals surface area contributed by atoms with E-state index in [0.29, 0.717) is 18.0 Å². The molecule has 0 radical (unpaired) electrons. The van der Waals surface area contributed by atoms with E-state index in [-0.39, 0.29) is 9.79 Å². The molecule has 2 N–H and O–H groups in total. The Morgan fingerprint density at radius 1 is 1.12 bits per heavy atom. The maximum absolute atomic E-state index is 13.5. The molecule has 132 valence electrons. The van der Waals surface area contributed by atoms with E-state index in [1.54, 1.807) is 12.1 Å².